The van der Waals surface area contributed by atoms with E-state index in [0.717, 1.165) is 23.6 Å². The quantitative estimate of drug-likeness (QED) is 0.502. The Balaban J connectivity index is 1.72. The van der Waals surface area contributed by atoms with E-state index < -0.39 is 0 Å². The predicted molar refractivity (Wildman–Crippen MR) is 99.0 cm³/mol. The van der Waals surface area contributed by atoms with Gasteiger partial charge in [0.2, 0.25) is 0 Å². The molecule has 0 saturated heterocycles. The van der Waals surface area contributed by atoms with E-state index in [-0.39, 0.29) is 0 Å². The fraction of sp³-hybridized carbons (Fsp3) is 0.105. The number of hydrogen-bond acceptors (Lipinski definition) is 3. The summed E-state index contributed by atoms with van der Waals surface area (Å²) in [4.78, 5) is 4.32. The van der Waals surface area contributed by atoms with Crippen molar-refractivity contribution in [3.05, 3.63) is 89.0 Å². The average molecular weight is 337 g/mol. The first-order chi connectivity index (χ1) is 11.7. The summed E-state index contributed by atoms with van der Waals surface area (Å²) in [6.07, 6.45) is 5.37. The van der Waals surface area contributed by atoms with Gasteiger partial charge in [0, 0.05) is 24.0 Å². The summed E-state index contributed by atoms with van der Waals surface area (Å²) in [6.45, 7) is 2.67. The van der Waals surface area contributed by atoms with Gasteiger partial charge in [-0.05, 0) is 30.2 Å². The van der Waals surface area contributed by atoms with E-state index in [2.05, 4.69) is 27.3 Å². The Hall–Kier alpha value is -2.72. The van der Waals surface area contributed by atoms with Gasteiger partial charge in [-0.25, -0.2) is 4.98 Å². The van der Waals surface area contributed by atoms with Crippen molar-refractivity contribution in [2.24, 2.45) is 10.2 Å². The summed E-state index contributed by atoms with van der Waals surface area (Å²) < 4.78 is 2.03. The molecule has 2 aromatic carbocycles. The van der Waals surface area contributed by atoms with Crippen LogP contribution in [0.4, 0.5) is 0 Å². The molecule has 0 amide bonds. The van der Waals surface area contributed by atoms with Crippen molar-refractivity contribution in [2.75, 3.05) is 0 Å². The maximum absolute atomic E-state index is 5.89. The molecule has 1 heterocycles. The van der Waals surface area contributed by atoms with Gasteiger partial charge in [0.15, 0.2) is 5.82 Å². The van der Waals surface area contributed by atoms with Gasteiger partial charge < -0.3 is 4.57 Å². The number of imidazole rings is 1. The van der Waals surface area contributed by atoms with E-state index in [4.69, 9.17) is 11.6 Å². The number of aromatic nitrogens is 2. The minimum atomic E-state index is 0.706. The second kappa shape index (κ2) is 7.70. The Morgan fingerprint density at radius 2 is 1.88 bits per heavy atom. The lowest BCUT2D eigenvalue weighted by Crippen LogP contribution is -2.03. The van der Waals surface area contributed by atoms with Crippen molar-refractivity contribution < 1.29 is 0 Å². The standard InChI is InChI=1S/C19H17ClN4/c1-15(17-7-9-18(20)10-8-17)23-22-13-19-21-11-12-24(19)14-16-5-3-2-4-6-16/h2-13H,14H2,1H3/b22-13-,23-15-. The minimum Gasteiger partial charge on any atom is -0.326 e. The summed E-state index contributed by atoms with van der Waals surface area (Å²) in [6, 6.07) is 17.8. The van der Waals surface area contributed by atoms with Crippen LogP contribution >= 0.6 is 11.6 Å². The molecule has 5 heteroatoms. The molecule has 4 nitrogen and oxygen atoms in total. The molecule has 0 radical (unpaired) electrons. The van der Waals surface area contributed by atoms with Gasteiger partial charge in [0.1, 0.15) is 0 Å². The van der Waals surface area contributed by atoms with Crippen molar-refractivity contribution in [3.63, 3.8) is 0 Å². The first-order valence-electron chi connectivity index (χ1n) is 7.61. The summed E-state index contributed by atoms with van der Waals surface area (Å²) in [5, 5.41) is 9.10. The van der Waals surface area contributed by atoms with Gasteiger partial charge in [0.25, 0.3) is 0 Å². The highest BCUT2D eigenvalue weighted by Gasteiger charge is 2.01. The Labute approximate surface area is 146 Å². The van der Waals surface area contributed by atoms with E-state index in [1.807, 2.05) is 60.2 Å². The molecule has 0 N–H and O–H groups in total. The van der Waals surface area contributed by atoms with Crippen molar-refractivity contribution in [1.82, 2.24) is 9.55 Å². The van der Waals surface area contributed by atoms with E-state index in [9.17, 15) is 0 Å². The Morgan fingerprint density at radius 1 is 1.12 bits per heavy atom. The van der Waals surface area contributed by atoms with Crippen LogP contribution in [-0.4, -0.2) is 21.5 Å². The minimum absolute atomic E-state index is 0.706. The molecule has 0 aliphatic heterocycles. The molecule has 0 spiro atoms. The van der Waals surface area contributed by atoms with Crippen LogP contribution in [0.25, 0.3) is 0 Å². The van der Waals surface area contributed by atoms with Gasteiger partial charge in [-0.1, -0.05) is 54.1 Å². The van der Waals surface area contributed by atoms with E-state index >= 15 is 0 Å². The fourth-order valence-electron chi connectivity index (χ4n) is 2.28. The van der Waals surface area contributed by atoms with Crippen molar-refractivity contribution in [1.29, 1.82) is 0 Å². The Morgan fingerprint density at radius 3 is 2.62 bits per heavy atom. The molecular weight excluding hydrogens is 320 g/mol. The summed E-state index contributed by atoms with van der Waals surface area (Å²) in [5.41, 5.74) is 3.03. The molecule has 24 heavy (non-hydrogen) atoms. The zero-order valence-electron chi connectivity index (χ0n) is 13.3. The summed E-state index contributed by atoms with van der Waals surface area (Å²) in [5.74, 6) is 0.770. The van der Waals surface area contributed by atoms with Crippen LogP contribution in [0.2, 0.25) is 5.02 Å². The van der Waals surface area contributed by atoms with Crippen LogP contribution in [0.15, 0.2) is 77.2 Å². The van der Waals surface area contributed by atoms with Crippen LogP contribution in [0.3, 0.4) is 0 Å². The van der Waals surface area contributed by atoms with Gasteiger partial charge >= 0.3 is 0 Å². The molecular formula is C19H17ClN4. The Kier molecular flexibility index (Phi) is 5.18. The van der Waals surface area contributed by atoms with E-state index in [1.54, 1.807) is 12.4 Å². The Bertz CT molecular complexity index is 849. The maximum Gasteiger partial charge on any atom is 0.153 e. The number of rotatable bonds is 5. The van der Waals surface area contributed by atoms with Crippen LogP contribution in [0, 0.1) is 0 Å². The topological polar surface area (TPSA) is 42.5 Å². The van der Waals surface area contributed by atoms with E-state index in [1.165, 1.54) is 5.56 Å². The SMILES string of the molecule is C/C(=N/N=C\c1nccn1Cc1ccccc1)c1ccc(Cl)cc1. The molecule has 0 aliphatic rings. The summed E-state index contributed by atoms with van der Waals surface area (Å²) >= 11 is 5.89. The molecule has 0 atom stereocenters. The second-order valence-corrected chi connectivity index (χ2v) is 5.77. The first-order valence-corrected chi connectivity index (χ1v) is 7.99. The largest absolute Gasteiger partial charge is 0.326 e. The van der Waals surface area contributed by atoms with Gasteiger partial charge in [-0.2, -0.15) is 10.2 Å². The van der Waals surface area contributed by atoms with Gasteiger partial charge in [-0.3, -0.25) is 0 Å². The second-order valence-electron chi connectivity index (χ2n) is 5.34. The molecule has 120 valence electrons. The third-order valence-corrected chi connectivity index (χ3v) is 3.84. The normalized spacial score (nSPS) is 12.0. The van der Waals surface area contributed by atoms with E-state index in [0.29, 0.717) is 5.02 Å². The molecule has 3 aromatic rings. The van der Waals surface area contributed by atoms with Crippen LogP contribution in [-0.2, 0) is 6.54 Å². The first kappa shape index (κ1) is 16.1. The highest BCUT2D eigenvalue weighted by Crippen LogP contribution is 2.10. The lowest BCUT2D eigenvalue weighted by Gasteiger charge is -2.04. The number of benzene rings is 2. The van der Waals surface area contributed by atoms with Crippen LogP contribution in [0.5, 0.6) is 0 Å². The lowest BCUT2D eigenvalue weighted by atomic mass is 10.1. The lowest BCUT2D eigenvalue weighted by molar-refractivity contribution is 0.789. The number of halogens is 1. The van der Waals surface area contributed by atoms with Crippen LogP contribution in [0.1, 0.15) is 23.9 Å². The third-order valence-electron chi connectivity index (χ3n) is 3.59. The molecule has 0 saturated carbocycles. The molecule has 0 fully saturated rings. The monoisotopic (exact) mass is 336 g/mol. The van der Waals surface area contributed by atoms with Crippen molar-refractivity contribution >= 4 is 23.5 Å². The summed E-state index contributed by atoms with van der Waals surface area (Å²) in [7, 11) is 0. The zero-order chi connectivity index (χ0) is 16.8. The average Bonchev–Trinajstić information content (AvgIpc) is 3.03. The zero-order valence-corrected chi connectivity index (χ0v) is 14.1. The molecule has 0 aliphatic carbocycles. The van der Waals surface area contributed by atoms with Gasteiger partial charge in [-0.15, -0.1) is 0 Å². The van der Waals surface area contributed by atoms with Gasteiger partial charge in [0.05, 0.1) is 11.9 Å². The highest BCUT2D eigenvalue weighted by atomic mass is 35.5. The highest BCUT2D eigenvalue weighted by molar-refractivity contribution is 6.30. The molecule has 3 rings (SSSR count). The smallest absolute Gasteiger partial charge is 0.153 e. The van der Waals surface area contributed by atoms with Crippen LogP contribution < -0.4 is 0 Å². The molecule has 0 bridgehead atoms. The third kappa shape index (κ3) is 4.18. The number of nitrogens with zero attached hydrogens (tertiary/aromatic N) is 4. The molecule has 1 aromatic heterocycles. The van der Waals surface area contributed by atoms with Crippen molar-refractivity contribution in [3.8, 4) is 0 Å². The maximum atomic E-state index is 5.89. The fourth-order valence-corrected chi connectivity index (χ4v) is 2.40. The predicted octanol–water partition coefficient (Wildman–Crippen LogP) is 4.43. The number of hydrogen-bond donors (Lipinski definition) is 0. The van der Waals surface area contributed by atoms with Crippen molar-refractivity contribution in [2.45, 2.75) is 13.5 Å². The molecule has 0 unspecified atom stereocenters.